The maximum Gasteiger partial charge on any atom is 0.0366 e. The van der Waals surface area contributed by atoms with Gasteiger partial charge in [-0.2, -0.15) is 0 Å². The third-order valence-corrected chi connectivity index (χ3v) is 7.25. The smallest absolute Gasteiger partial charge is 0.0366 e. The Kier molecular flexibility index (Phi) is 21.8. The van der Waals surface area contributed by atoms with Crippen LogP contribution in [0.3, 0.4) is 0 Å². The van der Waals surface area contributed by atoms with Gasteiger partial charge in [0, 0.05) is 18.8 Å². The minimum atomic E-state index is 1.20. The van der Waals surface area contributed by atoms with Crippen molar-refractivity contribution in [3.63, 3.8) is 0 Å². The predicted molar refractivity (Wildman–Crippen MR) is 162 cm³/mol. The molecule has 0 N–H and O–H groups in total. The topological polar surface area (TPSA) is 3.24 Å². The van der Waals surface area contributed by atoms with E-state index >= 15 is 0 Å². The molecule has 1 aromatic rings. The summed E-state index contributed by atoms with van der Waals surface area (Å²) >= 11 is 0. The second-order valence-electron chi connectivity index (χ2n) is 10.5. The van der Waals surface area contributed by atoms with Crippen molar-refractivity contribution in [2.75, 3.05) is 18.0 Å². The van der Waals surface area contributed by atoms with Gasteiger partial charge in [-0.1, -0.05) is 166 Å². The second-order valence-corrected chi connectivity index (χ2v) is 10.5. The molecule has 0 radical (unpaired) electrons. The van der Waals surface area contributed by atoms with Crippen LogP contribution in [-0.4, -0.2) is 13.1 Å². The Labute approximate surface area is 220 Å². The number of rotatable bonds is 25. The Morgan fingerprint density at radius 1 is 0.543 bits per heavy atom. The fourth-order valence-electron chi connectivity index (χ4n) is 4.93. The van der Waals surface area contributed by atoms with E-state index in [0.717, 1.165) is 0 Å². The molecule has 35 heavy (non-hydrogen) atoms. The summed E-state index contributed by atoms with van der Waals surface area (Å²) in [6.45, 7) is 10.8. The minimum Gasteiger partial charge on any atom is -0.372 e. The molecule has 0 saturated carbocycles. The molecule has 0 aliphatic carbocycles. The average molecular weight is 482 g/mol. The third-order valence-electron chi connectivity index (χ3n) is 7.25. The molecule has 1 nitrogen and oxygen atoms in total. The van der Waals surface area contributed by atoms with Gasteiger partial charge in [-0.15, -0.1) is 0 Å². The van der Waals surface area contributed by atoms with Crippen molar-refractivity contribution in [1.29, 1.82) is 0 Å². The first kappa shape index (κ1) is 31.5. The summed E-state index contributed by atoms with van der Waals surface area (Å²) in [7, 11) is 0. The van der Waals surface area contributed by atoms with Crippen molar-refractivity contribution in [3.05, 3.63) is 48.6 Å². The van der Waals surface area contributed by atoms with Crippen LogP contribution in [0.2, 0.25) is 0 Å². The van der Waals surface area contributed by atoms with E-state index in [1.807, 2.05) is 12.2 Å². The zero-order valence-corrected chi connectivity index (χ0v) is 23.8. The zero-order valence-electron chi connectivity index (χ0n) is 23.8. The molecule has 0 aromatic heterocycles. The van der Waals surface area contributed by atoms with Gasteiger partial charge in [0.15, 0.2) is 0 Å². The molecule has 1 aromatic carbocycles. The van der Waals surface area contributed by atoms with E-state index in [9.17, 15) is 0 Å². The molecule has 0 amide bonds. The molecule has 200 valence electrons. The average Bonchev–Trinajstić information content (AvgIpc) is 2.88. The van der Waals surface area contributed by atoms with E-state index < -0.39 is 0 Å². The lowest BCUT2D eigenvalue weighted by atomic mass is 10.1. The lowest BCUT2D eigenvalue weighted by Gasteiger charge is -2.25. The van der Waals surface area contributed by atoms with Gasteiger partial charge in [-0.3, -0.25) is 0 Å². The van der Waals surface area contributed by atoms with Crippen molar-refractivity contribution in [2.45, 2.75) is 142 Å². The quantitative estimate of drug-likeness (QED) is 0.0991. The molecule has 0 aliphatic rings. The molecular weight excluding hydrogens is 422 g/mol. The van der Waals surface area contributed by atoms with Crippen molar-refractivity contribution in [1.82, 2.24) is 0 Å². The Bertz CT molecular complexity index is 576. The molecule has 0 aliphatic heterocycles. The molecular formula is C34H59N. The fraction of sp³-hybridized carbons (Fsp3) is 0.706. The maximum absolute atomic E-state index is 3.78. The number of benzene rings is 1. The summed E-state index contributed by atoms with van der Waals surface area (Å²) in [4.78, 5) is 2.65. The molecule has 0 fully saturated rings. The lowest BCUT2D eigenvalue weighted by Crippen LogP contribution is -2.25. The summed E-state index contributed by atoms with van der Waals surface area (Å²) in [6.07, 6.45) is 34.1. The van der Waals surface area contributed by atoms with E-state index in [0.29, 0.717) is 0 Å². The Morgan fingerprint density at radius 2 is 0.914 bits per heavy atom. The minimum absolute atomic E-state index is 1.20. The largest absolute Gasteiger partial charge is 0.372 e. The van der Waals surface area contributed by atoms with Crippen LogP contribution in [0.4, 0.5) is 5.69 Å². The van der Waals surface area contributed by atoms with Gasteiger partial charge < -0.3 is 4.90 Å². The Balaban J connectivity index is 2.32. The number of unbranched alkanes of at least 4 members (excludes halogenated alkanes) is 18. The highest BCUT2D eigenvalue weighted by Crippen LogP contribution is 2.19. The van der Waals surface area contributed by atoms with E-state index in [4.69, 9.17) is 0 Å². The monoisotopic (exact) mass is 481 g/mol. The van der Waals surface area contributed by atoms with Gasteiger partial charge in [-0.05, 0) is 30.5 Å². The second kappa shape index (κ2) is 24.2. The molecule has 0 atom stereocenters. The van der Waals surface area contributed by atoms with Crippen molar-refractivity contribution >= 4 is 11.8 Å². The number of nitrogens with zero attached hydrogens (tertiary/aromatic N) is 1. The lowest BCUT2D eigenvalue weighted by molar-refractivity contribution is 0.543. The molecule has 0 unspecified atom stereocenters. The van der Waals surface area contributed by atoms with Crippen LogP contribution in [0, 0.1) is 0 Å². The van der Waals surface area contributed by atoms with Crippen LogP contribution >= 0.6 is 0 Å². The van der Waals surface area contributed by atoms with Gasteiger partial charge in [0.25, 0.3) is 0 Å². The molecule has 0 spiro atoms. The maximum atomic E-state index is 3.78. The van der Waals surface area contributed by atoms with Crippen LogP contribution in [0.25, 0.3) is 6.08 Å². The standard InChI is InChI=1S/C34H59N/c1-4-7-10-12-14-16-18-20-22-24-31-35(34-29-27-33(28-30-34)26-9-6-3)32-25-23-21-19-17-15-13-11-8-5-2/h6,9,26-30H,3-5,7-8,10-25,31-32H2,1-2H3. The normalized spacial score (nSPS) is 11.4. The van der Waals surface area contributed by atoms with E-state index in [-0.39, 0.29) is 0 Å². The van der Waals surface area contributed by atoms with Crippen LogP contribution < -0.4 is 4.90 Å². The Morgan fingerprint density at radius 3 is 1.29 bits per heavy atom. The predicted octanol–water partition coefficient (Wildman–Crippen LogP) is 11.5. The highest BCUT2D eigenvalue weighted by molar-refractivity contribution is 5.56. The summed E-state index contributed by atoms with van der Waals surface area (Å²) in [5.41, 5.74) is 2.65. The third kappa shape index (κ3) is 18.4. The summed E-state index contributed by atoms with van der Waals surface area (Å²) in [5.74, 6) is 0. The summed E-state index contributed by atoms with van der Waals surface area (Å²) < 4.78 is 0. The van der Waals surface area contributed by atoms with Gasteiger partial charge in [0.1, 0.15) is 0 Å². The number of hydrogen-bond acceptors (Lipinski definition) is 1. The molecule has 0 saturated heterocycles. The molecule has 0 heterocycles. The molecule has 1 heteroatoms. The van der Waals surface area contributed by atoms with Gasteiger partial charge in [0.2, 0.25) is 0 Å². The van der Waals surface area contributed by atoms with Gasteiger partial charge in [-0.25, -0.2) is 0 Å². The van der Waals surface area contributed by atoms with Crippen molar-refractivity contribution in [2.24, 2.45) is 0 Å². The van der Waals surface area contributed by atoms with E-state index in [1.165, 1.54) is 153 Å². The first-order valence-corrected chi connectivity index (χ1v) is 15.5. The van der Waals surface area contributed by atoms with Gasteiger partial charge in [0.05, 0.1) is 0 Å². The zero-order chi connectivity index (χ0) is 25.2. The first-order valence-electron chi connectivity index (χ1n) is 15.5. The van der Waals surface area contributed by atoms with Crippen LogP contribution in [0.15, 0.2) is 43.0 Å². The number of hydrogen-bond donors (Lipinski definition) is 0. The SMILES string of the molecule is C=CC=Cc1ccc(N(CCCCCCCCCCCC)CCCCCCCCCCCC)cc1. The Hall–Kier alpha value is -1.50. The highest BCUT2D eigenvalue weighted by Gasteiger charge is 2.06. The van der Waals surface area contributed by atoms with Crippen LogP contribution in [0.5, 0.6) is 0 Å². The van der Waals surface area contributed by atoms with E-state index in [2.05, 4.69) is 55.7 Å². The molecule has 0 bridgehead atoms. The summed E-state index contributed by atoms with van der Waals surface area (Å²) in [5, 5.41) is 0. The van der Waals surface area contributed by atoms with Crippen molar-refractivity contribution in [3.8, 4) is 0 Å². The summed E-state index contributed by atoms with van der Waals surface area (Å²) in [6, 6.07) is 9.13. The highest BCUT2D eigenvalue weighted by atomic mass is 15.1. The van der Waals surface area contributed by atoms with Crippen LogP contribution in [0.1, 0.15) is 148 Å². The first-order chi connectivity index (χ1) is 17.3. The number of allylic oxidation sites excluding steroid dienone is 2. The number of anilines is 1. The van der Waals surface area contributed by atoms with Crippen molar-refractivity contribution < 1.29 is 0 Å². The van der Waals surface area contributed by atoms with E-state index in [1.54, 1.807) is 0 Å². The van der Waals surface area contributed by atoms with Crippen LogP contribution in [-0.2, 0) is 0 Å². The fourth-order valence-corrected chi connectivity index (χ4v) is 4.93. The van der Waals surface area contributed by atoms with Gasteiger partial charge >= 0.3 is 0 Å². The molecule has 1 rings (SSSR count).